The second kappa shape index (κ2) is 6.04. The number of rotatable bonds is 3. The van der Waals surface area contributed by atoms with Gasteiger partial charge in [-0.05, 0) is 18.2 Å². The number of amides is 2. The highest BCUT2D eigenvalue weighted by atomic mass is 35.5. The Kier molecular flexibility index (Phi) is 4.41. The van der Waals surface area contributed by atoms with E-state index in [2.05, 4.69) is 16.0 Å². The molecule has 6 heteroatoms. The monoisotopic (exact) mass is 269 g/mol. The molecule has 0 bridgehead atoms. The highest BCUT2D eigenvalue weighted by Crippen LogP contribution is 2.14. The molecule has 0 spiro atoms. The lowest BCUT2D eigenvalue weighted by molar-refractivity contribution is 0.0991. The molecule has 1 aliphatic heterocycles. The maximum Gasteiger partial charge on any atom is 0.319 e. The van der Waals surface area contributed by atoms with Crippen molar-refractivity contribution in [2.75, 3.05) is 25.5 Å². The quantitative estimate of drug-likeness (QED) is 0.778. The topological polar surface area (TPSA) is 62.4 Å². The lowest BCUT2D eigenvalue weighted by Crippen LogP contribution is -2.45. The van der Waals surface area contributed by atoms with Crippen LogP contribution in [-0.4, -0.2) is 38.4 Å². The van der Waals surface area contributed by atoms with Gasteiger partial charge in [-0.25, -0.2) is 4.79 Å². The van der Waals surface area contributed by atoms with Crippen molar-refractivity contribution >= 4 is 23.3 Å². The predicted octanol–water partition coefficient (Wildman–Crippen LogP) is 1.45. The maximum atomic E-state index is 11.8. The van der Waals surface area contributed by atoms with Crippen LogP contribution < -0.4 is 16.0 Å². The van der Waals surface area contributed by atoms with E-state index in [4.69, 9.17) is 16.3 Å². The van der Waals surface area contributed by atoms with E-state index in [0.717, 1.165) is 6.54 Å². The Morgan fingerprint density at radius 1 is 1.50 bits per heavy atom. The van der Waals surface area contributed by atoms with E-state index in [0.29, 0.717) is 17.3 Å². The van der Waals surface area contributed by atoms with Crippen molar-refractivity contribution in [3.05, 3.63) is 29.3 Å². The highest BCUT2D eigenvalue weighted by molar-refractivity contribution is 6.30. The van der Waals surface area contributed by atoms with Crippen LogP contribution in [0.15, 0.2) is 24.3 Å². The summed E-state index contributed by atoms with van der Waals surface area (Å²) in [5.41, 5.74) is 0.667. The van der Waals surface area contributed by atoms with Crippen LogP contribution in [0, 0.1) is 0 Å². The number of hydrogen-bond acceptors (Lipinski definition) is 3. The van der Waals surface area contributed by atoms with E-state index in [9.17, 15) is 4.79 Å². The van der Waals surface area contributed by atoms with Crippen molar-refractivity contribution in [1.29, 1.82) is 0 Å². The van der Waals surface area contributed by atoms with Gasteiger partial charge in [-0.15, -0.1) is 0 Å². The van der Waals surface area contributed by atoms with E-state index >= 15 is 0 Å². The third-order valence-corrected chi connectivity index (χ3v) is 3.10. The summed E-state index contributed by atoms with van der Waals surface area (Å²) in [5.74, 6) is 0. The van der Waals surface area contributed by atoms with Crippen LogP contribution in [0.1, 0.15) is 0 Å². The van der Waals surface area contributed by atoms with Crippen LogP contribution in [0.25, 0.3) is 0 Å². The minimum atomic E-state index is -0.256. The predicted molar refractivity (Wildman–Crippen MR) is 71.1 cm³/mol. The molecule has 5 nitrogen and oxygen atoms in total. The summed E-state index contributed by atoms with van der Waals surface area (Å²) in [6.07, 6.45) is 0.00936. The zero-order chi connectivity index (χ0) is 13.0. The summed E-state index contributed by atoms with van der Waals surface area (Å²) in [5, 5.41) is 9.35. The number of halogens is 1. The van der Waals surface area contributed by atoms with Crippen LogP contribution in [0.3, 0.4) is 0 Å². The average Bonchev–Trinajstić information content (AvgIpc) is 2.76. The first-order valence-corrected chi connectivity index (χ1v) is 6.13. The van der Waals surface area contributed by atoms with Crippen LogP contribution in [0.5, 0.6) is 0 Å². The summed E-state index contributed by atoms with van der Waals surface area (Å²) in [6.45, 7) is 1.46. The van der Waals surface area contributed by atoms with E-state index in [1.165, 1.54) is 0 Å². The third kappa shape index (κ3) is 3.35. The van der Waals surface area contributed by atoms with E-state index < -0.39 is 0 Å². The minimum absolute atomic E-state index is 0.00936. The molecule has 1 unspecified atom stereocenters. The number of methoxy groups -OCH3 is 1. The molecule has 2 atom stereocenters. The van der Waals surface area contributed by atoms with Crippen molar-refractivity contribution in [3.8, 4) is 0 Å². The summed E-state index contributed by atoms with van der Waals surface area (Å²) in [6, 6.07) is 6.75. The molecule has 1 fully saturated rings. The van der Waals surface area contributed by atoms with Crippen LogP contribution in [-0.2, 0) is 4.74 Å². The Morgan fingerprint density at radius 3 is 3.06 bits per heavy atom. The number of hydrogen-bond donors (Lipinski definition) is 3. The number of anilines is 1. The molecule has 1 heterocycles. The second-order valence-corrected chi connectivity index (χ2v) is 4.58. The van der Waals surface area contributed by atoms with Crippen molar-refractivity contribution in [2.45, 2.75) is 12.1 Å². The second-order valence-electron chi connectivity index (χ2n) is 4.15. The maximum absolute atomic E-state index is 11.8. The molecule has 1 aliphatic rings. The number of urea groups is 1. The zero-order valence-electron chi connectivity index (χ0n) is 10.1. The SMILES string of the molecule is CO[C@@H]1CNCC1NC(=O)Nc1cccc(Cl)c1. The van der Waals surface area contributed by atoms with Gasteiger partial charge < -0.3 is 20.7 Å². The lowest BCUT2D eigenvalue weighted by atomic mass is 10.2. The molecule has 2 amide bonds. The van der Waals surface area contributed by atoms with Gasteiger partial charge >= 0.3 is 6.03 Å². The molecule has 98 valence electrons. The van der Waals surface area contributed by atoms with Gasteiger partial charge in [0.05, 0.1) is 12.1 Å². The fourth-order valence-corrected chi connectivity index (χ4v) is 2.14. The Morgan fingerprint density at radius 2 is 2.33 bits per heavy atom. The van der Waals surface area contributed by atoms with Crippen LogP contribution in [0.2, 0.25) is 5.02 Å². The standard InChI is InChI=1S/C12H16ClN3O2/c1-18-11-7-14-6-10(11)16-12(17)15-9-4-2-3-8(13)5-9/h2-5,10-11,14H,6-7H2,1H3,(H2,15,16,17)/t10?,11-/m1/s1. The Bertz CT molecular complexity index is 428. The Hall–Kier alpha value is -1.30. The molecule has 18 heavy (non-hydrogen) atoms. The summed E-state index contributed by atoms with van der Waals surface area (Å²) in [4.78, 5) is 11.8. The van der Waals surface area contributed by atoms with Crippen molar-refractivity contribution in [2.24, 2.45) is 0 Å². The molecule has 0 aromatic heterocycles. The lowest BCUT2D eigenvalue weighted by Gasteiger charge is -2.18. The largest absolute Gasteiger partial charge is 0.378 e. The molecule has 3 N–H and O–H groups in total. The molecular formula is C12H16ClN3O2. The van der Waals surface area contributed by atoms with Crippen LogP contribution in [0.4, 0.5) is 10.5 Å². The van der Waals surface area contributed by atoms with Gasteiger partial charge in [0.2, 0.25) is 0 Å². The first-order chi connectivity index (χ1) is 8.69. The Labute approximate surface area is 111 Å². The van der Waals surface area contributed by atoms with E-state index in [1.807, 2.05) is 0 Å². The van der Waals surface area contributed by atoms with E-state index in [-0.39, 0.29) is 18.2 Å². The van der Waals surface area contributed by atoms with Crippen LogP contribution >= 0.6 is 11.6 Å². The van der Waals surface area contributed by atoms with Gasteiger partial charge in [-0.3, -0.25) is 0 Å². The molecule has 2 rings (SSSR count). The van der Waals surface area contributed by atoms with Gasteiger partial charge in [0, 0.05) is 30.9 Å². The normalized spacial score (nSPS) is 22.8. The number of ether oxygens (including phenoxy) is 1. The Balaban J connectivity index is 1.89. The first-order valence-electron chi connectivity index (χ1n) is 5.75. The van der Waals surface area contributed by atoms with Gasteiger partial charge in [0.1, 0.15) is 0 Å². The van der Waals surface area contributed by atoms with Crippen molar-refractivity contribution in [1.82, 2.24) is 10.6 Å². The van der Waals surface area contributed by atoms with Gasteiger partial charge in [-0.1, -0.05) is 17.7 Å². The smallest absolute Gasteiger partial charge is 0.319 e. The zero-order valence-corrected chi connectivity index (χ0v) is 10.8. The van der Waals surface area contributed by atoms with Gasteiger partial charge in [0.15, 0.2) is 0 Å². The molecule has 1 saturated heterocycles. The summed E-state index contributed by atoms with van der Waals surface area (Å²) >= 11 is 5.84. The summed E-state index contributed by atoms with van der Waals surface area (Å²) < 4.78 is 5.27. The highest BCUT2D eigenvalue weighted by Gasteiger charge is 2.28. The fraction of sp³-hybridized carbons (Fsp3) is 0.417. The average molecular weight is 270 g/mol. The minimum Gasteiger partial charge on any atom is -0.378 e. The number of nitrogens with one attached hydrogen (secondary N) is 3. The van der Waals surface area contributed by atoms with Gasteiger partial charge in [0.25, 0.3) is 0 Å². The van der Waals surface area contributed by atoms with Crippen molar-refractivity contribution in [3.63, 3.8) is 0 Å². The molecule has 0 aliphatic carbocycles. The number of benzene rings is 1. The van der Waals surface area contributed by atoms with Crippen molar-refractivity contribution < 1.29 is 9.53 Å². The molecule has 0 saturated carbocycles. The molecule has 0 radical (unpaired) electrons. The molecule has 1 aromatic carbocycles. The van der Waals surface area contributed by atoms with E-state index in [1.54, 1.807) is 31.4 Å². The molecule has 1 aromatic rings. The van der Waals surface area contributed by atoms with Gasteiger partial charge in [-0.2, -0.15) is 0 Å². The number of carbonyl (C=O) groups is 1. The summed E-state index contributed by atoms with van der Waals surface area (Å²) in [7, 11) is 1.64. The molecular weight excluding hydrogens is 254 g/mol. The number of carbonyl (C=O) groups excluding carboxylic acids is 1. The third-order valence-electron chi connectivity index (χ3n) is 2.86. The fourth-order valence-electron chi connectivity index (χ4n) is 1.95. The first kappa shape index (κ1) is 13.1.